The quantitative estimate of drug-likeness (QED) is 0.519. The predicted molar refractivity (Wildman–Crippen MR) is 113 cm³/mol. The van der Waals surface area contributed by atoms with Crippen molar-refractivity contribution >= 4 is 35.2 Å². The van der Waals surface area contributed by atoms with Crippen LogP contribution in [0.2, 0.25) is 5.02 Å². The standard InChI is InChI=1S/C21H20ClN3O6/c1-11-17(20(28)24-13-6-4-3-5-7-13)18(25-21(29)23-11)12-8-14(22)19(15(9-12)30-2)31-10-16(26)27/h3-9,18H,10H2,1-2H3,(H,24,28)(H,26,27)(H2,23,25,29). The van der Waals surface area contributed by atoms with Gasteiger partial charge in [0, 0.05) is 11.4 Å². The summed E-state index contributed by atoms with van der Waals surface area (Å²) in [7, 11) is 1.37. The van der Waals surface area contributed by atoms with E-state index in [4.69, 9.17) is 26.2 Å². The molecular weight excluding hydrogens is 426 g/mol. The van der Waals surface area contributed by atoms with Crippen molar-refractivity contribution in [3.63, 3.8) is 0 Å². The largest absolute Gasteiger partial charge is 0.493 e. The van der Waals surface area contributed by atoms with E-state index >= 15 is 0 Å². The van der Waals surface area contributed by atoms with Crippen molar-refractivity contribution in [1.82, 2.24) is 10.6 Å². The first kappa shape index (κ1) is 22.0. The van der Waals surface area contributed by atoms with Gasteiger partial charge in [-0.3, -0.25) is 4.79 Å². The Kier molecular flexibility index (Phi) is 6.66. The molecule has 0 spiro atoms. The predicted octanol–water partition coefficient (Wildman–Crippen LogP) is 3.08. The lowest BCUT2D eigenvalue weighted by molar-refractivity contribution is -0.139. The number of hydrogen-bond donors (Lipinski definition) is 4. The number of carbonyl (C=O) groups excluding carboxylic acids is 2. The van der Waals surface area contributed by atoms with Crippen LogP contribution in [0.4, 0.5) is 10.5 Å². The summed E-state index contributed by atoms with van der Waals surface area (Å²) in [6.45, 7) is 1.01. The molecule has 1 atom stereocenters. The molecule has 10 heteroatoms. The minimum absolute atomic E-state index is 0.0477. The second-order valence-corrected chi connectivity index (χ2v) is 7.01. The Hall–Kier alpha value is -3.72. The molecular formula is C21H20ClN3O6. The second-order valence-electron chi connectivity index (χ2n) is 6.61. The van der Waals surface area contributed by atoms with Gasteiger partial charge in [-0.15, -0.1) is 0 Å². The van der Waals surface area contributed by atoms with E-state index in [-0.39, 0.29) is 22.1 Å². The molecule has 4 N–H and O–H groups in total. The lowest BCUT2D eigenvalue weighted by Gasteiger charge is -2.29. The van der Waals surface area contributed by atoms with Gasteiger partial charge in [-0.25, -0.2) is 9.59 Å². The molecule has 162 valence electrons. The zero-order valence-corrected chi connectivity index (χ0v) is 17.4. The van der Waals surface area contributed by atoms with E-state index in [2.05, 4.69) is 16.0 Å². The van der Waals surface area contributed by atoms with Crippen LogP contribution < -0.4 is 25.4 Å². The SMILES string of the molecule is COc1cc(C2NC(=O)NC(C)=C2C(=O)Nc2ccccc2)cc(Cl)c1OCC(=O)O. The van der Waals surface area contributed by atoms with Gasteiger partial charge in [0.05, 0.1) is 23.7 Å². The number of hydrogen-bond acceptors (Lipinski definition) is 5. The number of ether oxygens (including phenoxy) is 2. The molecule has 2 aromatic rings. The van der Waals surface area contributed by atoms with Crippen LogP contribution in [0.15, 0.2) is 53.7 Å². The molecule has 31 heavy (non-hydrogen) atoms. The van der Waals surface area contributed by atoms with Crippen molar-refractivity contribution in [3.05, 3.63) is 64.3 Å². The van der Waals surface area contributed by atoms with Crippen LogP contribution in [0.3, 0.4) is 0 Å². The molecule has 0 bridgehead atoms. The minimum Gasteiger partial charge on any atom is -0.493 e. The number of carbonyl (C=O) groups is 3. The number of allylic oxidation sites excluding steroid dienone is 1. The molecule has 0 fully saturated rings. The lowest BCUT2D eigenvalue weighted by Crippen LogP contribution is -2.46. The number of aliphatic carboxylic acids is 1. The maximum atomic E-state index is 13.0. The average molecular weight is 446 g/mol. The first-order chi connectivity index (χ1) is 14.8. The van der Waals surface area contributed by atoms with Crippen molar-refractivity contribution in [2.45, 2.75) is 13.0 Å². The number of methoxy groups -OCH3 is 1. The van der Waals surface area contributed by atoms with Gasteiger partial charge in [0.2, 0.25) is 0 Å². The molecule has 0 radical (unpaired) electrons. The summed E-state index contributed by atoms with van der Waals surface area (Å²) in [5, 5.41) is 17.0. The molecule has 1 unspecified atom stereocenters. The fraction of sp³-hybridized carbons (Fsp3) is 0.190. The van der Waals surface area contributed by atoms with Crippen LogP contribution in [-0.4, -0.2) is 36.7 Å². The van der Waals surface area contributed by atoms with Crippen LogP contribution in [-0.2, 0) is 9.59 Å². The Morgan fingerprint density at radius 3 is 2.58 bits per heavy atom. The van der Waals surface area contributed by atoms with Gasteiger partial charge < -0.3 is 30.5 Å². The summed E-state index contributed by atoms with van der Waals surface area (Å²) in [6, 6.07) is 10.6. The smallest absolute Gasteiger partial charge is 0.341 e. The van der Waals surface area contributed by atoms with Crippen LogP contribution >= 0.6 is 11.6 Å². The number of halogens is 1. The Morgan fingerprint density at radius 2 is 1.94 bits per heavy atom. The Balaban J connectivity index is 1.99. The van der Waals surface area contributed by atoms with Crippen molar-refractivity contribution in [2.24, 2.45) is 0 Å². The van der Waals surface area contributed by atoms with Gasteiger partial charge >= 0.3 is 12.0 Å². The number of carboxylic acids is 1. The van der Waals surface area contributed by atoms with E-state index in [9.17, 15) is 14.4 Å². The third-order valence-corrected chi connectivity index (χ3v) is 4.75. The molecule has 0 aliphatic carbocycles. The van der Waals surface area contributed by atoms with E-state index in [1.165, 1.54) is 19.2 Å². The molecule has 1 heterocycles. The topological polar surface area (TPSA) is 126 Å². The molecule has 0 saturated carbocycles. The summed E-state index contributed by atoms with van der Waals surface area (Å²) in [6.07, 6.45) is 0. The highest BCUT2D eigenvalue weighted by atomic mass is 35.5. The summed E-state index contributed by atoms with van der Waals surface area (Å²) < 4.78 is 10.5. The highest BCUT2D eigenvalue weighted by molar-refractivity contribution is 6.32. The zero-order chi connectivity index (χ0) is 22.5. The highest BCUT2D eigenvalue weighted by Crippen LogP contribution is 2.40. The van der Waals surface area contributed by atoms with E-state index in [1.807, 2.05) is 6.07 Å². The van der Waals surface area contributed by atoms with E-state index in [0.29, 0.717) is 16.9 Å². The maximum absolute atomic E-state index is 13.0. The van der Waals surface area contributed by atoms with Gasteiger partial charge in [0.1, 0.15) is 0 Å². The van der Waals surface area contributed by atoms with Gasteiger partial charge in [0.15, 0.2) is 18.1 Å². The van der Waals surface area contributed by atoms with Crippen LogP contribution in [0, 0.1) is 0 Å². The zero-order valence-electron chi connectivity index (χ0n) is 16.7. The summed E-state index contributed by atoms with van der Waals surface area (Å²) in [5.74, 6) is -1.38. The summed E-state index contributed by atoms with van der Waals surface area (Å²) in [5.41, 5.74) is 1.71. The fourth-order valence-electron chi connectivity index (χ4n) is 3.15. The first-order valence-electron chi connectivity index (χ1n) is 9.17. The lowest BCUT2D eigenvalue weighted by atomic mass is 9.94. The highest BCUT2D eigenvalue weighted by Gasteiger charge is 2.32. The van der Waals surface area contributed by atoms with Crippen molar-refractivity contribution in [3.8, 4) is 11.5 Å². The minimum atomic E-state index is -1.17. The average Bonchev–Trinajstić information content (AvgIpc) is 2.72. The number of benzene rings is 2. The van der Waals surface area contributed by atoms with Crippen LogP contribution in [0.5, 0.6) is 11.5 Å². The molecule has 1 aliphatic rings. The van der Waals surface area contributed by atoms with Crippen molar-refractivity contribution in [1.29, 1.82) is 0 Å². The maximum Gasteiger partial charge on any atom is 0.341 e. The van der Waals surface area contributed by atoms with E-state index in [1.54, 1.807) is 31.2 Å². The monoisotopic (exact) mass is 445 g/mol. The normalized spacial score (nSPS) is 15.6. The van der Waals surface area contributed by atoms with Crippen molar-refractivity contribution < 1.29 is 29.0 Å². The van der Waals surface area contributed by atoms with Gasteiger partial charge in [-0.1, -0.05) is 29.8 Å². The number of nitrogens with one attached hydrogen (secondary N) is 3. The third-order valence-electron chi connectivity index (χ3n) is 4.47. The number of urea groups is 1. The molecule has 2 aromatic carbocycles. The number of rotatable bonds is 7. The molecule has 1 aliphatic heterocycles. The van der Waals surface area contributed by atoms with Crippen molar-refractivity contribution in [2.75, 3.05) is 19.0 Å². The molecule has 0 aromatic heterocycles. The molecule has 3 amide bonds. The van der Waals surface area contributed by atoms with Crippen LogP contribution in [0.1, 0.15) is 18.5 Å². The molecule has 0 saturated heterocycles. The number of carboxylic acid groups (broad SMARTS) is 1. The number of anilines is 1. The Labute approximate surface area is 183 Å². The van der Waals surface area contributed by atoms with E-state index < -0.39 is 30.6 Å². The summed E-state index contributed by atoms with van der Waals surface area (Å²) in [4.78, 5) is 36.0. The Bertz CT molecular complexity index is 1050. The van der Waals surface area contributed by atoms with Crippen LogP contribution in [0.25, 0.3) is 0 Å². The number of para-hydroxylation sites is 1. The summed E-state index contributed by atoms with van der Waals surface area (Å²) >= 11 is 6.30. The van der Waals surface area contributed by atoms with Gasteiger partial charge in [-0.2, -0.15) is 0 Å². The fourth-order valence-corrected chi connectivity index (χ4v) is 3.42. The van der Waals surface area contributed by atoms with Gasteiger partial charge in [-0.05, 0) is 36.8 Å². The molecule has 9 nitrogen and oxygen atoms in total. The second kappa shape index (κ2) is 9.40. The molecule has 3 rings (SSSR count). The Morgan fingerprint density at radius 1 is 1.23 bits per heavy atom. The number of amides is 3. The van der Waals surface area contributed by atoms with E-state index in [0.717, 1.165) is 0 Å². The first-order valence-corrected chi connectivity index (χ1v) is 9.54. The third kappa shape index (κ3) is 5.07. The van der Waals surface area contributed by atoms with Gasteiger partial charge in [0.25, 0.3) is 5.91 Å².